The molecule has 1 aromatic carbocycles. The Hall–Kier alpha value is -2.47. The standard InChI is InChI=1S/C28H37IN4O5/c1-17-11-24(21(29)12-20(17)26(34)36-6)37-25(23-14-30-22(13-31-23)19-7-8-19)16-32-9-10-33(18(2)15-32)27(35)38-28(3,4)5/h11-14,18-19,25H,7-10,15-16H2,1-6H3/t18-,25?/m1/s1. The number of halogens is 1. The van der Waals surface area contributed by atoms with Crippen LogP contribution in [0.3, 0.4) is 0 Å². The van der Waals surface area contributed by atoms with Crippen molar-refractivity contribution in [2.45, 2.75) is 71.1 Å². The van der Waals surface area contributed by atoms with Crippen molar-refractivity contribution >= 4 is 34.7 Å². The molecule has 1 aliphatic heterocycles. The number of aromatic nitrogens is 2. The maximum atomic E-state index is 12.7. The number of esters is 1. The van der Waals surface area contributed by atoms with Gasteiger partial charge >= 0.3 is 12.1 Å². The van der Waals surface area contributed by atoms with E-state index in [9.17, 15) is 9.59 Å². The number of benzene rings is 1. The van der Waals surface area contributed by atoms with Gasteiger partial charge in [0.15, 0.2) is 6.10 Å². The Bertz CT molecular complexity index is 1160. The Labute approximate surface area is 238 Å². The van der Waals surface area contributed by atoms with Gasteiger partial charge in [-0.05, 0) is 87.7 Å². The van der Waals surface area contributed by atoms with E-state index in [0.717, 1.165) is 33.4 Å². The lowest BCUT2D eigenvalue weighted by Gasteiger charge is -2.41. The molecule has 38 heavy (non-hydrogen) atoms. The molecule has 1 saturated heterocycles. The topological polar surface area (TPSA) is 94.1 Å². The number of carbonyl (C=O) groups excluding carboxylic acids is 2. The largest absolute Gasteiger partial charge is 0.482 e. The van der Waals surface area contributed by atoms with Crippen LogP contribution in [-0.4, -0.2) is 76.8 Å². The lowest BCUT2D eigenvalue weighted by Crippen LogP contribution is -2.55. The molecule has 9 nitrogen and oxygen atoms in total. The third kappa shape index (κ3) is 7.13. The Morgan fingerprint density at radius 1 is 1.16 bits per heavy atom. The summed E-state index contributed by atoms with van der Waals surface area (Å²) < 4.78 is 17.9. The molecule has 1 aliphatic carbocycles. The fraction of sp³-hybridized carbons (Fsp3) is 0.571. The first-order valence-electron chi connectivity index (χ1n) is 13.0. The van der Waals surface area contributed by atoms with Crippen molar-refractivity contribution < 1.29 is 23.8 Å². The van der Waals surface area contributed by atoms with Crippen LogP contribution in [0.2, 0.25) is 0 Å². The van der Waals surface area contributed by atoms with Gasteiger partial charge in [0.25, 0.3) is 0 Å². The highest BCUT2D eigenvalue weighted by atomic mass is 127. The number of ether oxygens (including phenoxy) is 3. The van der Waals surface area contributed by atoms with Crippen molar-refractivity contribution in [3.63, 3.8) is 0 Å². The maximum absolute atomic E-state index is 12.7. The summed E-state index contributed by atoms with van der Waals surface area (Å²) in [6, 6.07) is 3.65. The summed E-state index contributed by atoms with van der Waals surface area (Å²) >= 11 is 2.18. The van der Waals surface area contributed by atoms with Gasteiger partial charge in [0.2, 0.25) is 0 Å². The molecule has 2 aromatic rings. The summed E-state index contributed by atoms with van der Waals surface area (Å²) in [4.78, 5) is 38.3. The number of hydrogen-bond acceptors (Lipinski definition) is 8. The van der Waals surface area contributed by atoms with E-state index in [0.29, 0.717) is 43.4 Å². The molecular formula is C28H37IN4O5. The van der Waals surface area contributed by atoms with Gasteiger partial charge in [-0.25, -0.2) is 9.59 Å². The van der Waals surface area contributed by atoms with Crippen LogP contribution < -0.4 is 4.74 Å². The second-order valence-electron chi connectivity index (χ2n) is 11.1. The number of piperazine rings is 1. The molecule has 206 valence electrons. The molecule has 0 bridgehead atoms. The van der Waals surface area contributed by atoms with Crippen LogP contribution in [0.4, 0.5) is 4.79 Å². The summed E-state index contributed by atoms with van der Waals surface area (Å²) in [6.07, 6.45) is 5.35. The molecule has 2 aliphatic rings. The zero-order chi connectivity index (χ0) is 27.6. The highest BCUT2D eigenvalue weighted by Gasteiger charge is 2.33. The van der Waals surface area contributed by atoms with Crippen LogP contribution >= 0.6 is 22.6 Å². The third-order valence-corrected chi connectivity index (χ3v) is 7.58. The van der Waals surface area contributed by atoms with E-state index in [2.05, 4.69) is 32.5 Å². The van der Waals surface area contributed by atoms with Crippen molar-refractivity contribution in [3.8, 4) is 5.75 Å². The molecule has 2 heterocycles. The smallest absolute Gasteiger partial charge is 0.410 e. The van der Waals surface area contributed by atoms with E-state index in [4.69, 9.17) is 19.2 Å². The van der Waals surface area contributed by atoms with E-state index in [-0.39, 0.29) is 24.2 Å². The first kappa shape index (κ1) is 28.5. The first-order valence-corrected chi connectivity index (χ1v) is 14.1. The van der Waals surface area contributed by atoms with Crippen molar-refractivity contribution in [1.29, 1.82) is 0 Å². The van der Waals surface area contributed by atoms with Gasteiger partial charge in [-0.2, -0.15) is 0 Å². The molecule has 1 amide bonds. The van der Waals surface area contributed by atoms with Crippen LogP contribution in [0.15, 0.2) is 24.5 Å². The number of methoxy groups -OCH3 is 1. The molecule has 0 N–H and O–H groups in total. The quantitative estimate of drug-likeness (QED) is 0.306. The van der Waals surface area contributed by atoms with Crippen molar-refractivity contribution in [1.82, 2.24) is 19.8 Å². The molecule has 2 atom stereocenters. The van der Waals surface area contributed by atoms with E-state index in [1.807, 2.05) is 53.1 Å². The Kier molecular flexibility index (Phi) is 8.81. The SMILES string of the molecule is COC(=O)c1cc(I)c(OC(CN2CCN(C(=O)OC(C)(C)C)[C@H](C)C2)c2cnc(C3CC3)cn2)cc1C. The Balaban J connectivity index is 1.52. The van der Waals surface area contributed by atoms with Crippen LogP contribution in [0.1, 0.15) is 79.9 Å². The molecule has 1 unspecified atom stereocenters. The molecule has 1 saturated carbocycles. The summed E-state index contributed by atoms with van der Waals surface area (Å²) in [6.45, 7) is 12.1. The molecule has 1 aromatic heterocycles. The van der Waals surface area contributed by atoms with E-state index in [1.54, 1.807) is 11.0 Å². The number of hydrogen-bond donors (Lipinski definition) is 0. The second-order valence-corrected chi connectivity index (χ2v) is 12.3. The minimum Gasteiger partial charge on any atom is -0.482 e. The predicted octanol–water partition coefficient (Wildman–Crippen LogP) is 5.11. The average Bonchev–Trinajstić information content (AvgIpc) is 3.70. The normalized spacial score (nSPS) is 19.1. The minimum atomic E-state index is -0.531. The predicted molar refractivity (Wildman–Crippen MR) is 151 cm³/mol. The molecule has 0 radical (unpaired) electrons. The molecule has 4 rings (SSSR count). The summed E-state index contributed by atoms with van der Waals surface area (Å²) in [5.41, 5.74) is 2.54. The van der Waals surface area contributed by atoms with Crippen molar-refractivity contribution in [3.05, 3.63) is 50.6 Å². The summed E-state index contributed by atoms with van der Waals surface area (Å²) in [7, 11) is 1.38. The van der Waals surface area contributed by atoms with Gasteiger partial charge < -0.3 is 19.1 Å². The summed E-state index contributed by atoms with van der Waals surface area (Å²) in [5, 5.41) is 0. The van der Waals surface area contributed by atoms with Gasteiger partial charge in [0, 0.05) is 44.3 Å². The van der Waals surface area contributed by atoms with Gasteiger partial charge in [0.1, 0.15) is 17.0 Å². The van der Waals surface area contributed by atoms with Crippen molar-refractivity contribution in [2.24, 2.45) is 0 Å². The summed E-state index contributed by atoms with van der Waals surface area (Å²) in [5.74, 6) is 0.823. The molecule has 2 fully saturated rings. The van der Waals surface area contributed by atoms with Crippen LogP contribution in [0.5, 0.6) is 5.75 Å². The lowest BCUT2D eigenvalue weighted by atomic mass is 10.1. The van der Waals surface area contributed by atoms with Gasteiger partial charge in [-0.3, -0.25) is 14.9 Å². The minimum absolute atomic E-state index is 0.00991. The highest BCUT2D eigenvalue weighted by molar-refractivity contribution is 14.1. The van der Waals surface area contributed by atoms with Crippen LogP contribution in [0, 0.1) is 10.5 Å². The second kappa shape index (κ2) is 11.7. The number of nitrogens with zero attached hydrogens (tertiary/aromatic N) is 4. The van der Waals surface area contributed by atoms with E-state index < -0.39 is 5.60 Å². The van der Waals surface area contributed by atoms with E-state index >= 15 is 0 Å². The average molecular weight is 637 g/mol. The van der Waals surface area contributed by atoms with Crippen LogP contribution in [-0.2, 0) is 9.47 Å². The zero-order valence-electron chi connectivity index (χ0n) is 23.0. The van der Waals surface area contributed by atoms with Crippen LogP contribution in [0.25, 0.3) is 0 Å². The Morgan fingerprint density at radius 3 is 2.47 bits per heavy atom. The fourth-order valence-corrected chi connectivity index (χ4v) is 5.14. The maximum Gasteiger partial charge on any atom is 0.410 e. The van der Waals surface area contributed by atoms with Crippen molar-refractivity contribution in [2.75, 3.05) is 33.3 Å². The first-order chi connectivity index (χ1) is 17.9. The number of carbonyl (C=O) groups is 2. The lowest BCUT2D eigenvalue weighted by molar-refractivity contribution is -0.00320. The fourth-order valence-electron chi connectivity index (χ4n) is 4.55. The van der Waals surface area contributed by atoms with Gasteiger partial charge in [-0.15, -0.1) is 0 Å². The number of aryl methyl sites for hydroxylation is 1. The van der Waals surface area contributed by atoms with E-state index in [1.165, 1.54) is 7.11 Å². The molecule has 10 heteroatoms. The number of rotatable bonds is 7. The Morgan fingerprint density at radius 2 is 1.89 bits per heavy atom. The molecular weight excluding hydrogens is 599 g/mol. The zero-order valence-corrected chi connectivity index (χ0v) is 25.1. The van der Waals surface area contributed by atoms with Gasteiger partial charge in [0.05, 0.1) is 28.1 Å². The van der Waals surface area contributed by atoms with Gasteiger partial charge in [-0.1, -0.05) is 0 Å². The monoisotopic (exact) mass is 636 g/mol. The number of amides is 1. The molecule has 0 spiro atoms. The third-order valence-electron chi connectivity index (χ3n) is 6.73. The highest BCUT2D eigenvalue weighted by Crippen LogP contribution is 2.39.